The summed E-state index contributed by atoms with van der Waals surface area (Å²) in [6.45, 7) is -0.295. The van der Waals surface area contributed by atoms with Gasteiger partial charge in [-0.3, -0.25) is 10.1 Å². The number of hydrogen-bond acceptors (Lipinski definition) is 5. The summed E-state index contributed by atoms with van der Waals surface area (Å²) >= 11 is 6.16. The number of aliphatic hydroxyl groups excluding tert-OH is 1. The lowest BCUT2D eigenvalue weighted by molar-refractivity contribution is -0.384. The molecule has 0 aliphatic rings. The Hall–Kier alpha value is -2.70. The highest BCUT2D eigenvalue weighted by molar-refractivity contribution is 6.33. The first-order valence-corrected chi connectivity index (χ1v) is 7.08. The summed E-state index contributed by atoms with van der Waals surface area (Å²) in [5.41, 5.74) is 2.14. The molecule has 7 heteroatoms. The van der Waals surface area contributed by atoms with Crippen molar-refractivity contribution in [1.82, 2.24) is 5.16 Å². The maximum Gasteiger partial charge on any atom is 0.269 e. The zero-order valence-corrected chi connectivity index (χ0v) is 12.5. The maximum atomic E-state index is 10.7. The number of nitro groups is 1. The number of halogens is 1. The lowest BCUT2D eigenvalue weighted by atomic mass is 10.0. The van der Waals surface area contributed by atoms with E-state index < -0.39 is 4.92 Å². The molecule has 23 heavy (non-hydrogen) atoms. The minimum atomic E-state index is -0.480. The first kappa shape index (κ1) is 15.2. The number of nitro benzene ring substituents is 1. The first-order valence-electron chi connectivity index (χ1n) is 6.71. The zero-order valence-electron chi connectivity index (χ0n) is 11.8. The van der Waals surface area contributed by atoms with Crippen molar-refractivity contribution >= 4 is 17.3 Å². The Morgan fingerprint density at radius 2 is 1.87 bits per heavy atom. The number of aromatic nitrogens is 1. The number of non-ortho nitro benzene ring substituents is 1. The molecule has 3 rings (SSSR count). The number of nitrogens with zero attached hydrogens (tertiary/aromatic N) is 2. The van der Waals surface area contributed by atoms with E-state index in [-0.39, 0.29) is 12.3 Å². The van der Waals surface area contributed by atoms with Crippen molar-refractivity contribution in [2.75, 3.05) is 0 Å². The molecule has 0 saturated heterocycles. The van der Waals surface area contributed by atoms with Crippen LogP contribution in [0, 0.1) is 10.1 Å². The van der Waals surface area contributed by atoms with Crippen LogP contribution in [0.3, 0.4) is 0 Å². The summed E-state index contributed by atoms with van der Waals surface area (Å²) in [5, 5.41) is 24.9. The fraction of sp³-hybridized carbons (Fsp3) is 0.0625. The van der Waals surface area contributed by atoms with Gasteiger partial charge in [-0.05, 0) is 18.2 Å². The third-order valence-electron chi connectivity index (χ3n) is 3.42. The van der Waals surface area contributed by atoms with E-state index in [4.69, 9.17) is 16.1 Å². The van der Waals surface area contributed by atoms with E-state index in [9.17, 15) is 15.2 Å². The molecule has 0 fully saturated rings. The number of benzene rings is 2. The molecule has 1 aromatic heterocycles. The molecule has 0 saturated carbocycles. The molecule has 0 bridgehead atoms. The van der Waals surface area contributed by atoms with E-state index in [0.717, 1.165) is 0 Å². The average Bonchev–Trinajstić information content (AvgIpc) is 2.99. The minimum absolute atomic E-state index is 0.0230. The Kier molecular flexibility index (Phi) is 4.10. The predicted octanol–water partition coefficient (Wildman–Crippen LogP) is 4.06. The van der Waals surface area contributed by atoms with Crippen molar-refractivity contribution < 1.29 is 14.6 Å². The second-order valence-corrected chi connectivity index (χ2v) is 5.19. The van der Waals surface area contributed by atoms with Gasteiger partial charge in [-0.25, -0.2) is 0 Å². The van der Waals surface area contributed by atoms with Gasteiger partial charge in [0.05, 0.1) is 22.1 Å². The molecule has 1 heterocycles. The van der Waals surface area contributed by atoms with Crippen molar-refractivity contribution in [2.24, 2.45) is 0 Å². The quantitative estimate of drug-likeness (QED) is 0.575. The van der Waals surface area contributed by atoms with E-state index in [0.29, 0.717) is 33.2 Å². The SMILES string of the molecule is O=[N+]([O-])c1ccc(-c2onc(-c3ccccc3Cl)c2CO)cc1. The summed E-state index contributed by atoms with van der Waals surface area (Å²) in [6.07, 6.45) is 0. The van der Waals surface area contributed by atoms with Crippen molar-refractivity contribution in [3.63, 3.8) is 0 Å². The number of rotatable bonds is 4. The highest BCUT2D eigenvalue weighted by Gasteiger charge is 2.20. The summed E-state index contributed by atoms with van der Waals surface area (Å²) in [7, 11) is 0. The number of hydrogen-bond donors (Lipinski definition) is 1. The first-order chi connectivity index (χ1) is 11.1. The van der Waals surface area contributed by atoms with E-state index in [1.807, 2.05) is 6.07 Å². The zero-order chi connectivity index (χ0) is 16.4. The summed E-state index contributed by atoms with van der Waals surface area (Å²) in [5.74, 6) is 0.359. The van der Waals surface area contributed by atoms with Crippen LogP contribution in [-0.2, 0) is 6.61 Å². The Morgan fingerprint density at radius 1 is 1.17 bits per heavy atom. The fourth-order valence-electron chi connectivity index (χ4n) is 2.28. The van der Waals surface area contributed by atoms with Crippen LogP contribution in [0.25, 0.3) is 22.6 Å². The Balaban J connectivity index is 2.08. The van der Waals surface area contributed by atoms with Gasteiger partial charge >= 0.3 is 0 Å². The standard InChI is InChI=1S/C16H11ClN2O4/c17-14-4-2-1-3-12(14)15-13(9-20)16(23-18-15)10-5-7-11(8-6-10)19(21)22/h1-8,20H,9H2. The smallest absolute Gasteiger partial charge is 0.269 e. The fourth-order valence-corrected chi connectivity index (χ4v) is 2.51. The molecule has 0 aliphatic heterocycles. The highest BCUT2D eigenvalue weighted by atomic mass is 35.5. The topological polar surface area (TPSA) is 89.4 Å². The number of aliphatic hydroxyl groups is 1. The van der Waals surface area contributed by atoms with Gasteiger partial charge in [0.25, 0.3) is 5.69 Å². The normalized spacial score (nSPS) is 10.7. The predicted molar refractivity (Wildman–Crippen MR) is 85.0 cm³/mol. The monoisotopic (exact) mass is 330 g/mol. The molecular weight excluding hydrogens is 320 g/mol. The average molecular weight is 331 g/mol. The molecule has 116 valence electrons. The second kappa shape index (κ2) is 6.20. The van der Waals surface area contributed by atoms with E-state index >= 15 is 0 Å². The molecule has 6 nitrogen and oxygen atoms in total. The Labute approximate surface area is 136 Å². The van der Waals surface area contributed by atoms with Gasteiger partial charge in [0.1, 0.15) is 5.69 Å². The third kappa shape index (κ3) is 2.81. The largest absolute Gasteiger partial charge is 0.391 e. The molecule has 3 aromatic rings. The van der Waals surface area contributed by atoms with Crippen molar-refractivity contribution in [2.45, 2.75) is 6.61 Å². The lowest BCUT2D eigenvalue weighted by Gasteiger charge is -2.03. The Morgan fingerprint density at radius 3 is 2.48 bits per heavy atom. The molecule has 2 aromatic carbocycles. The second-order valence-electron chi connectivity index (χ2n) is 4.78. The third-order valence-corrected chi connectivity index (χ3v) is 3.75. The minimum Gasteiger partial charge on any atom is -0.391 e. The van der Waals surface area contributed by atoms with Crippen LogP contribution in [0.5, 0.6) is 0 Å². The molecule has 0 unspecified atom stereocenters. The van der Waals surface area contributed by atoms with Crippen molar-refractivity contribution in [3.05, 3.63) is 69.2 Å². The van der Waals surface area contributed by atoms with Gasteiger partial charge in [-0.1, -0.05) is 35.0 Å². The van der Waals surface area contributed by atoms with Crippen LogP contribution in [0.15, 0.2) is 53.1 Å². The van der Waals surface area contributed by atoms with E-state index in [2.05, 4.69) is 5.16 Å². The molecule has 0 radical (unpaired) electrons. The Bertz CT molecular complexity index is 859. The van der Waals surface area contributed by atoms with Crippen molar-refractivity contribution in [1.29, 1.82) is 0 Å². The summed E-state index contributed by atoms with van der Waals surface area (Å²) < 4.78 is 5.34. The van der Waals surface area contributed by atoms with Gasteiger partial charge in [-0.15, -0.1) is 0 Å². The molecule has 0 atom stereocenters. The van der Waals surface area contributed by atoms with Crippen LogP contribution in [-0.4, -0.2) is 15.2 Å². The summed E-state index contributed by atoms with van der Waals surface area (Å²) in [4.78, 5) is 10.2. The van der Waals surface area contributed by atoms with Crippen LogP contribution < -0.4 is 0 Å². The van der Waals surface area contributed by atoms with Gasteiger partial charge in [0.15, 0.2) is 5.76 Å². The summed E-state index contributed by atoms with van der Waals surface area (Å²) in [6, 6.07) is 12.9. The van der Waals surface area contributed by atoms with Crippen molar-refractivity contribution in [3.8, 4) is 22.6 Å². The molecule has 1 N–H and O–H groups in total. The molecular formula is C16H11ClN2O4. The van der Waals surface area contributed by atoms with Gasteiger partial charge < -0.3 is 9.63 Å². The van der Waals surface area contributed by atoms with Gasteiger partial charge in [-0.2, -0.15) is 0 Å². The van der Waals surface area contributed by atoms with Gasteiger partial charge in [0, 0.05) is 23.3 Å². The maximum absolute atomic E-state index is 10.7. The van der Waals surface area contributed by atoms with Crippen LogP contribution in [0.2, 0.25) is 5.02 Å². The van der Waals surface area contributed by atoms with E-state index in [1.165, 1.54) is 12.1 Å². The van der Waals surface area contributed by atoms with Gasteiger partial charge in [0.2, 0.25) is 0 Å². The lowest BCUT2D eigenvalue weighted by Crippen LogP contribution is -1.91. The van der Waals surface area contributed by atoms with Crippen LogP contribution >= 0.6 is 11.6 Å². The van der Waals surface area contributed by atoms with E-state index in [1.54, 1.807) is 30.3 Å². The molecule has 0 amide bonds. The van der Waals surface area contributed by atoms with Crippen LogP contribution in [0.4, 0.5) is 5.69 Å². The molecule has 0 aliphatic carbocycles. The molecule has 0 spiro atoms. The van der Waals surface area contributed by atoms with Crippen LogP contribution in [0.1, 0.15) is 5.56 Å². The highest BCUT2D eigenvalue weighted by Crippen LogP contribution is 2.35.